The molecule has 0 spiro atoms. The molecule has 0 radical (unpaired) electrons. The number of benzene rings is 1. The molecule has 8 heteroatoms. The smallest absolute Gasteiger partial charge is 0.329 e. The molecule has 0 unspecified atom stereocenters. The van der Waals surface area contributed by atoms with Crippen LogP contribution in [0, 0.1) is 0 Å². The summed E-state index contributed by atoms with van der Waals surface area (Å²) in [5, 5.41) is 5.44. The summed E-state index contributed by atoms with van der Waals surface area (Å²) in [5.41, 5.74) is 1.36. The van der Waals surface area contributed by atoms with Gasteiger partial charge in [-0.15, -0.1) is 0 Å². The topological polar surface area (TPSA) is 101 Å². The Bertz CT molecular complexity index is 839. The summed E-state index contributed by atoms with van der Waals surface area (Å²) in [6.07, 6.45) is 2.74. The fraction of sp³-hybridized carbons (Fsp3) is 0.300. The van der Waals surface area contributed by atoms with Crippen LogP contribution in [0.25, 0.3) is 0 Å². The average Bonchev–Trinajstić information content (AvgIpc) is 3.00. The lowest BCUT2D eigenvalue weighted by molar-refractivity contribution is -0.121. The van der Waals surface area contributed by atoms with E-state index in [1.807, 2.05) is 18.2 Å². The highest BCUT2D eigenvalue weighted by atomic mass is 16.5. The molecule has 2 heterocycles. The van der Waals surface area contributed by atoms with Gasteiger partial charge in [-0.25, -0.2) is 9.69 Å². The lowest BCUT2D eigenvalue weighted by Crippen LogP contribution is -2.33. The lowest BCUT2D eigenvalue weighted by Gasteiger charge is -2.13. The van der Waals surface area contributed by atoms with Crippen LogP contribution in [0.3, 0.4) is 0 Å². The normalized spacial score (nSPS) is 16.0. The summed E-state index contributed by atoms with van der Waals surface area (Å²) in [6, 6.07) is 11.1. The molecule has 0 aliphatic carbocycles. The van der Waals surface area contributed by atoms with Crippen molar-refractivity contribution in [1.82, 2.24) is 15.6 Å². The molecule has 1 saturated heterocycles. The minimum absolute atomic E-state index is 0.148. The van der Waals surface area contributed by atoms with Gasteiger partial charge in [0.25, 0.3) is 5.91 Å². The van der Waals surface area contributed by atoms with Crippen LogP contribution in [0.2, 0.25) is 0 Å². The summed E-state index contributed by atoms with van der Waals surface area (Å²) in [4.78, 5) is 42.0. The molecule has 0 bridgehead atoms. The van der Waals surface area contributed by atoms with Gasteiger partial charge in [-0.1, -0.05) is 6.07 Å². The second-order valence-electron chi connectivity index (χ2n) is 6.33. The van der Waals surface area contributed by atoms with E-state index >= 15 is 0 Å². The number of urea groups is 1. The van der Waals surface area contributed by atoms with Crippen molar-refractivity contribution in [3.05, 3.63) is 54.4 Å². The molecule has 146 valence electrons. The van der Waals surface area contributed by atoms with Crippen LogP contribution in [0.15, 0.2) is 48.7 Å². The molecular formula is C20H22N4O4. The number of carbonyl (C=O) groups excluding carboxylic acids is 3. The Morgan fingerprint density at radius 1 is 1.21 bits per heavy atom. The summed E-state index contributed by atoms with van der Waals surface area (Å²) < 4.78 is 5.08. The number of hydrogen-bond acceptors (Lipinski definition) is 5. The van der Waals surface area contributed by atoms with E-state index < -0.39 is 12.1 Å². The number of nitrogens with zero attached hydrogens (tertiary/aromatic N) is 2. The number of imide groups is 1. The van der Waals surface area contributed by atoms with Gasteiger partial charge in [-0.05, 0) is 42.8 Å². The predicted molar refractivity (Wildman–Crippen MR) is 103 cm³/mol. The van der Waals surface area contributed by atoms with E-state index in [0.29, 0.717) is 24.4 Å². The highest BCUT2D eigenvalue weighted by Gasteiger charge is 2.38. The Kier molecular flexibility index (Phi) is 6.21. The number of aromatic nitrogens is 1. The lowest BCUT2D eigenvalue weighted by atomic mass is 10.1. The van der Waals surface area contributed by atoms with Gasteiger partial charge in [0.15, 0.2) is 0 Å². The number of carbonyl (C=O) groups is 3. The molecule has 3 rings (SSSR count). The van der Waals surface area contributed by atoms with Gasteiger partial charge in [0.2, 0.25) is 5.91 Å². The quantitative estimate of drug-likeness (QED) is 0.676. The highest BCUT2D eigenvalue weighted by Crippen LogP contribution is 2.23. The molecule has 2 N–H and O–H groups in total. The van der Waals surface area contributed by atoms with E-state index in [-0.39, 0.29) is 24.7 Å². The first-order valence-electron chi connectivity index (χ1n) is 9.03. The third-order valence-corrected chi connectivity index (χ3v) is 4.44. The number of anilines is 1. The van der Waals surface area contributed by atoms with Gasteiger partial charge in [-0.3, -0.25) is 14.6 Å². The van der Waals surface area contributed by atoms with E-state index in [2.05, 4.69) is 15.6 Å². The van der Waals surface area contributed by atoms with Crippen molar-refractivity contribution in [2.24, 2.45) is 0 Å². The first-order chi connectivity index (χ1) is 13.6. The Hall–Kier alpha value is -3.42. The second-order valence-corrected chi connectivity index (χ2v) is 6.33. The van der Waals surface area contributed by atoms with Crippen molar-refractivity contribution in [1.29, 1.82) is 0 Å². The van der Waals surface area contributed by atoms with Gasteiger partial charge < -0.3 is 15.4 Å². The zero-order valence-corrected chi connectivity index (χ0v) is 15.6. The highest BCUT2D eigenvalue weighted by molar-refractivity contribution is 6.21. The summed E-state index contributed by atoms with van der Waals surface area (Å²) in [6.45, 7) is 0.471. The molecule has 4 amide bonds. The second kappa shape index (κ2) is 8.98. The van der Waals surface area contributed by atoms with Crippen molar-refractivity contribution in [3.63, 3.8) is 0 Å². The van der Waals surface area contributed by atoms with Gasteiger partial charge in [0.1, 0.15) is 11.8 Å². The van der Waals surface area contributed by atoms with E-state index in [0.717, 1.165) is 10.6 Å². The SMILES string of the molecule is COc1ccc(N2C(=O)N[C@@H](CCC(=O)NCCc3ccccn3)C2=O)cc1. The molecular weight excluding hydrogens is 360 g/mol. The predicted octanol–water partition coefficient (Wildman–Crippen LogP) is 1.65. The maximum atomic E-state index is 12.6. The fourth-order valence-electron chi connectivity index (χ4n) is 2.94. The first kappa shape index (κ1) is 19.3. The van der Waals surface area contributed by atoms with E-state index in [9.17, 15) is 14.4 Å². The van der Waals surface area contributed by atoms with E-state index in [4.69, 9.17) is 4.74 Å². The summed E-state index contributed by atoms with van der Waals surface area (Å²) in [5.74, 6) is 0.104. The van der Waals surface area contributed by atoms with Crippen molar-refractivity contribution in [2.45, 2.75) is 25.3 Å². The molecule has 8 nitrogen and oxygen atoms in total. The van der Waals surface area contributed by atoms with Crippen LogP contribution in [-0.4, -0.2) is 42.5 Å². The minimum atomic E-state index is -0.712. The number of hydrogen-bond donors (Lipinski definition) is 2. The van der Waals surface area contributed by atoms with Gasteiger partial charge in [-0.2, -0.15) is 0 Å². The number of pyridine rings is 1. The molecule has 1 fully saturated rings. The standard InChI is InChI=1S/C20H22N4O4/c1-28-16-7-5-15(6-8-16)24-19(26)17(23-20(24)27)9-10-18(25)22-13-11-14-4-2-3-12-21-14/h2-8,12,17H,9-11,13H2,1H3,(H,22,25)(H,23,27)/t17-/m0/s1. The Labute approximate surface area is 162 Å². The van der Waals surface area contributed by atoms with Gasteiger partial charge in [0, 0.05) is 31.3 Å². The molecule has 1 aliphatic heterocycles. The van der Waals surface area contributed by atoms with Crippen LogP contribution < -0.4 is 20.3 Å². The average molecular weight is 382 g/mol. The van der Waals surface area contributed by atoms with E-state index in [1.165, 1.54) is 0 Å². The van der Waals surface area contributed by atoms with Gasteiger partial charge in [0.05, 0.1) is 12.8 Å². The Morgan fingerprint density at radius 2 is 2.00 bits per heavy atom. The largest absolute Gasteiger partial charge is 0.497 e. The third kappa shape index (κ3) is 4.64. The van der Waals surface area contributed by atoms with Crippen molar-refractivity contribution >= 4 is 23.5 Å². The number of nitrogens with one attached hydrogen (secondary N) is 2. The van der Waals surface area contributed by atoms with E-state index in [1.54, 1.807) is 37.6 Å². The molecule has 1 aromatic carbocycles. The molecule has 1 atom stereocenters. The molecule has 2 aromatic rings. The summed E-state index contributed by atoms with van der Waals surface area (Å²) >= 11 is 0. The van der Waals surface area contributed by atoms with Crippen LogP contribution >= 0.6 is 0 Å². The van der Waals surface area contributed by atoms with Crippen molar-refractivity contribution in [2.75, 3.05) is 18.6 Å². The molecule has 1 aliphatic rings. The fourth-order valence-corrected chi connectivity index (χ4v) is 2.94. The van der Waals surface area contributed by atoms with Gasteiger partial charge >= 0.3 is 6.03 Å². The van der Waals surface area contributed by atoms with Crippen molar-refractivity contribution < 1.29 is 19.1 Å². The number of amides is 4. The van der Waals surface area contributed by atoms with Crippen LogP contribution in [0.4, 0.5) is 10.5 Å². The number of ether oxygens (including phenoxy) is 1. The molecule has 28 heavy (non-hydrogen) atoms. The number of rotatable bonds is 8. The number of methoxy groups -OCH3 is 1. The Morgan fingerprint density at radius 3 is 2.68 bits per heavy atom. The monoisotopic (exact) mass is 382 g/mol. The third-order valence-electron chi connectivity index (χ3n) is 4.44. The maximum Gasteiger partial charge on any atom is 0.329 e. The molecule has 0 saturated carbocycles. The Balaban J connectivity index is 1.47. The van der Waals surface area contributed by atoms with Crippen LogP contribution in [0.5, 0.6) is 5.75 Å². The maximum absolute atomic E-state index is 12.6. The van der Waals surface area contributed by atoms with Crippen LogP contribution in [-0.2, 0) is 16.0 Å². The zero-order chi connectivity index (χ0) is 19.9. The minimum Gasteiger partial charge on any atom is -0.497 e. The zero-order valence-electron chi connectivity index (χ0n) is 15.6. The molecule has 1 aromatic heterocycles. The summed E-state index contributed by atoms with van der Waals surface area (Å²) in [7, 11) is 1.54. The van der Waals surface area contributed by atoms with Crippen molar-refractivity contribution in [3.8, 4) is 5.75 Å². The first-order valence-corrected chi connectivity index (χ1v) is 9.03. The van der Waals surface area contributed by atoms with Crippen LogP contribution in [0.1, 0.15) is 18.5 Å².